The van der Waals surface area contributed by atoms with Gasteiger partial charge >= 0.3 is 65.1 Å². The van der Waals surface area contributed by atoms with Crippen LogP contribution in [0.3, 0.4) is 0 Å². The second-order valence-electron chi connectivity index (χ2n) is 7.84. The molecule has 12 heteroatoms. The molecule has 0 aromatic carbocycles. The second-order valence-corrected chi connectivity index (χ2v) is 9.39. The van der Waals surface area contributed by atoms with Crippen molar-refractivity contribution in [1.29, 1.82) is 0 Å². The molecule has 186 valence electrons. The first-order chi connectivity index (χ1) is 15.2. The van der Waals surface area contributed by atoms with Crippen molar-refractivity contribution >= 4 is 28.0 Å². The summed E-state index contributed by atoms with van der Waals surface area (Å²) < 4.78 is 32.8. The average Bonchev–Trinajstić information content (AvgIpc) is 2.72. The van der Waals surface area contributed by atoms with Gasteiger partial charge in [0.05, 0.1) is 0 Å². The molecule has 1 amide bonds. The minimum Gasteiger partial charge on any atom is -0.747 e. The number of allylic oxidation sites excluding steroid dienone is 2. The summed E-state index contributed by atoms with van der Waals surface area (Å²) in [5.74, 6) is -4.21. The minimum atomic E-state index is -5.25. The predicted octanol–water partition coefficient (Wildman–Crippen LogP) is -3.34. The fourth-order valence-electron chi connectivity index (χ4n) is 3.03. The number of carbonyl (C=O) groups is 3. The van der Waals surface area contributed by atoms with E-state index in [2.05, 4.69) is 23.9 Å². The van der Waals surface area contributed by atoms with Crippen molar-refractivity contribution in [3.63, 3.8) is 0 Å². The Morgan fingerprint density at radius 2 is 1.32 bits per heavy atom. The van der Waals surface area contributed by atoms with Crippen LogP contribution in [0, 0.1) is 0 Å². The first kappa shape index (κ1) is 38.6. The third kappa shape index (κ3) is 23.8. The van der Waals surface area contributed by atoms with E-state index in [0.29, 0.717) is 6.42 Å². The van der Waals surface area contributed by atoms with E-state index in [9.17, 15) is 32.5 Å². The van der Waals surface area contributed by atoms with E-state index in [0.717, 1.165) is 38.5 Å². The van der Waals surface area contributed by atoms with Crippen molar-refractivity contribution in [2.45, 2.75) is 108 Å². The van der Waals surface area contributed by atoms with Gasteiger partial charge < -0.3 is 19.3 Å². The van der Waals surface area contributed by atoms with Crippen molar-refractivity contribution in [2.24, 2.45) is 0 Å². The van der Waals surface area contributed by atoms with Crippen LogP contribution in [0.25, 0.3) is 0 Å². The number of nitrogens with one attached hydrogen (secondary N) is 1. The number of carboxylic acids is 1. The average molecular weight is 522 g/mol. The van der Waals surface area contributed by atoms with Gasteiger partial charge in [-0.1, -0.05) is 70.4 Å². The Labute approximate surface area is 248 Å². The van der Waals surface area contributed by atoms with Crippen LogP contribution >= 0.6 is 0 Å². The van der Waals surface area contributed by atoms with E-state index in [-0.39, 0.29) is 65.5 Å². The Hall–Kier alpha value is 0.0600. The van der Waals surface area contributed by atoms with Gasteiger partial charge in [-0.05, 0) is 32.1 Å². The van der Waals surface area contributed by atoms with Crippen LogP contribution in [0.2, 0.25) is 0 Å². The number of amides is 1. The first-order valence-electron chi connectivity index (χ1n) is 11.5. The molecule has 0 radical (unpaired) electrons. The van der Waals surface area contributed by atoms with Crippen LogP contribution in [-0.2, 0) is 29.3 Å². The summed E-state index contributed by atoms with van der Waals surface area (Å²) in [5.41, 5.74) is 1.74. The van der Waals surface area contributed by atoms with Gasteiger partial charge in [0.2, 0.25) is 0 Å². The molecule has 0 saturated heterocycles. The van der Waals surface area contributed by atoms with Gasteiger partial charge in [0.25, 0.3) is 5.91 Å². The van der Waals surface area contributed by atoms with Crippen LogP contribution in [0.4, 0.5) is 0 Å². The fraction of sp³-hybridized carbons (Fsp3) is 0.773. The van der Waals surface area contributed by atoms with Crippen molar-refractivity contribution in [2.75, 3.05) is 0 Å². The van der Waals surface area contributed by atoms with Gasteiger partial charge in [0.15, 0.2) is 5.25 Å². The molecule has 0 bridgehead atoms. The topological polar surface area (TPSA) is 153 Å². The molecule has 1 unspecified atom stereocenters. The zero-order chi connectivity index (χ0) is 24.2. The van der Waals surface area contributed by atoms with E-state index in [1.165, 1.54) is 38.5 Å². The molecule has 0 saturated carbocycles. The van der Waals surface area contributed by atoms with Crippen molar-refractivity contribution in [3.05, 3.63) is 12.2 Å². The molecule has 0 rings (SSSR count). The summed E-state index contributed by atoms with van der Waals surface area (Å²) >= 11 is 0. The van der Waals surface area contributed by atoms with Crippen LogP contribution < -0.4 is 69.7 Å². The number of unbranched alkanes of at least 4 members (excludes halogenated alkanes) is 11. The Bertz CT molecular complexity index is 686. The molecule has 1 atom stereocenters. The number of hydrogen-bond donors (Lipinski definition) is 1. The quantitative estimate of drug-likeness (QED) is 0.0609. The van der Waals surface area contributed by atoms with E-state index < -0.39 is 39.6 Å². The molecule has 0 aliphatic rings. The Morgan fingerprint density at radius 1 is 0.853 bits per heavy atom. The maximum atomic E-state index is 11.6. The summed E-state index contributed by atoms with van der Waals surface area (Å²) in [7, 11) is -5.25. The number of carbonyl (C=O) groups excluding carboxylic acids is 3. The number of hydroxylamine groups is 1. The molecular weight excluding hydrogens is 484 g/mol. The summed E-state index contributed by atoms with van der Waals surface area (Å²) in [5, 5.41) is 7.99. The maximum Gasteiger partial charge on any atom is 1.00 e. The number of aliphatic carboxylic acids is 1. The van der Waals surface area contributed by atoms with Gasteiger partial charge in [-0.3, -0.25) is 4.79 Å². The summed E-state index contributed by atoms with van der Waals surface area (Å²) in [4.78, 5) is 37.9. The van der Waals surface area contributed by atoms with Crippen LogP contribution in [0.1, 0.15) is 103 Å². The van der Waals surface area contributed by atoms with Crippen LogP contribution in [0.5, 0.6) is 0 Å². The third-order valence-corrected chi connectivity index (χ3v) is 5.95. The number of rotatable bonds is 19. The normalized spacial score (nSPS) is 11.8. The molecule has 1 N–H and O–H groups in total. The van der Waals surface area contributed by atoms with Gasteiger partial charge in [-0.15, -0.1) is 0 Å². The molecule has 0 fully saturated rings. The van der Waals surface area contributed by atoms with Crippen LogP contribution in [-0.4, -0.2) is 36.1 Å². The summed E-state index contributed by atoms with van der Waals surface area (Å²) in [6.45, 7) is 2.22. The predicted molar refractivity (Wildman–Crippen MR) is 117 cm³/mol. The van der Waals surface area contributed by atoms with E-state index in [1.54, 1.807) is 5.48 Å². The SMILES string of the molecule is CCCCCCCC/C=C\CCCCCCCC(=O)NOC(=O)C(CC(=O)[O-])S(=O)(=O)[O-].[Na+].[Na+]. The number of carboxylic acid groups (broad SMARTS) is 1. The molecule has 34 heavy (non-hydrogen) atoms. The van der Waals surface area contributed by atoms with Crippen molar-refractivity contribution < 1.29 is 96.4 Å². The second kappa shape index (κ2) is 24.7. The molecular formula is C22H37NNa2O8S. The summed E-state index contributed by atoms with van der Waals surface area (Å²) in [6.07, 6.45) is 17.7. The van der Waals surface area contributed by atoms with Crippen molar-refractivity contribution in [3.8, 4) is 0 Å². The first-order valence-corrected chi connectivity index (χ1v) is 12.9. The fourth-order valence-corrected chi connectivity index (χ4v) is 3.66. The molecule has 0 aromatic heterocycles. The standard InChI is InChI=1S/C22H39NO8S.2Na/c1-2-3-4-5-6-7-8-9-10-11-12-13-14-15-16-17-20(24)23-31-22(27)19(18-21(25)26)32(28,29)30;;/h9-10,19H,2-8,11-18H2,1H3,(H,23,24)(H,25,26)(H,28,29,30);;/q;2*+1/p-2/b10-9-;;. The Balaban J connectivity index is -0.00000480. The Morgan fingerprint density at radius 3 is 1.79 bits per heavy atom. The van der Waals surface area contributed by atoms with E-state index in [4.69, 9.17) is 0 Å². The van der Waals surface area contributed by atoms with Gasteiger partial charge in [-0.2, -0.15) is 5.48 Å². The van der Waals surface area contributed by atoms with E-state index in [1.807, 2.05) is 0 Å². The largest absolute Gasteiger partial charge is 1.00 e. The zero-order valence-corrected chi connectivity index (χ0v) is 25.8. The zero-order valence-electron chi connectivity index (χ0n) is 21.0. The molecule has 0 aliphatic carbocycles. The smallest absolute Gasteiger partial charge is 0.747 e. The molecule has 0 aromatic rings. The van der Waals surface area contributed by atoms with Gasteiger partial charge in [0.1, 0.15) is 10.1 Å². The van der Waals surface area contributed by atoms with Crippen molar-refractivity contribution in [1.82, 2.24) is 5.48 Å². The van der Waals surface area contributed by atoms with Gasteiger partial charge in [0, 0.05) is 18.8 Å². The maximum absolute atomic E-state index is 11.6. The number of hydrogen-bond acceptors (Lipinski definition) is 8. The minimum absolute atomic E-state index is 0. The molecule has 0 heterocycles. The van der Waals surface area contributed by atoms with Crippen LogP contribution in [0.15, 0.2) is 12.2 Å². The summed E-state index contributed by atoms with van der Waals surface area (Å²) in [6, 6.07) is 0. The molecule has 9 nitrogen and oxygen atoms in total. The Kier molecular flexibility index (Phi) is 28.1. The monoisotopic (exact) mass is 521 g/mol. The molecule has 0 spiro atoms. The van der Waals surface area contributed by atoms with E-state index >= 15 is 0 Å². The third-order valence-electron chi connectivity index (χ3n) is 4.89. The van der Waals surface area contributed by atoms with Gasteiger partial charge in [-0.25, -0.2) is 13.2 Å². The molecule has 0 aliphatic heterocycles.